The summed E-state index contributed by atoms with van der Waals surface area (Å²) in [6, 6.07) is 13.0. The van der Waals surface area contributed by atoms with E-state index in [0.717, 1.165) is 11.1 Å². The third kappa shape index (κ3) is 3.72. The van der Waals surface area contributed by atoms with E-state index in [9.17, 15) is 9.90 Å². The number of aryl methyl sites for hydroxylation is 1. The first-order valence-electron chi connectivity index (χ1n) is 8.56. The van der Waals surface area contributed by atoms with Gasteiger partial charge >= 0.3 is 5.97 Å². The van der Waals surface area contributed by atoms with Gasteiger partial charge in [0.25, 0.3) is 0 Å². The lowest BCUT2D eigenvalue weighted by molar-refractivity contribution is -0.149. The molecule has 0 amide bonds. The van der Waals surface area contributed by atoms with E-state index in [0.29, 0.717) is 31.6 Å². The average molecular weight is 340 g/mol. The number of methoxy groups -OCH3 is 1. The molecular formula is C20H24N2O3. The minimum atomic E-state index is -0.943. The molecule has 1 N–H and O–H groups in total. The number of aliphatic hydroxyl groups is 1. The molecule has 1 aromatic heterocycles. The number of aromatic nitrogens is 1. The van der Waals surface area contributed by atoms with E-state index in [1.54, 1.807) is 6.20 Å². The summed E-state index contributed by atoms with van der Waals surface area (Å²) in [5, 5.41) is 11.0. The summed E-state index contributed by atoms with van der Waals surface area (Å²) in [5.41, 5.74) is 1.74. The van der Waals surface area contributed by atoms with E-state index in [4.69, 9.17) is 4.74 Å². The molecule has 2 heterocycles. The summed E-state index contributed by atoms with van der Waals surface area (Å²) in [6.45, 7) is 3.17. The number of ether oxygens (including phenoxy) is 1. The molecule has 0 bridgehead atoms. The van der Waals surface area contributed by atoms with Gasteiger partial charge in [-0.3, -0.25) is 9.88 Å². The SMILES string of the molecule is COC(=O)C(c1ccccc1)N1CCC(O)(c2ccc(C)cn2)CC1. The number of piperidine rings is 1. The number of benzene rings is 1. The normalized spacial score (nSPS) is 18.5. The average Bonchev–Trinajstić information content (AvgIpc) is 2.65. The summed E-state index contributed by atoms with van der Waals surface area (Å²) in [5.74, 6) is -0.273. The maximum atomic E-state index is 12.3. The van der Waals surface area contributed by atoms with E-state index in [2.05, 4.69) is 9.88 Å². The number of pyridine rings is 1. The highest BCUT2D eigenvalue weighted by Crippen LogP contribution is 2.35. The maximum absolute atomic E-state index is 12.3. The summed E-state index contributed by atoms with van der Waals surface area (Å²) >= 11 is 0. The van der Waals surface area contributed by atoms with Crippen LogP contribution in [0.1, 0.15) is 35.7 Å². The number of carbonyl (C=O) groups excluding carboxylic acids is 1. The Morgan fingerprint density at radius 1 is 1.20 bits per heavy atom. The molecule has 1 saturated heterocycles. The van der Waals surface area contributed by atoms with Gasteiger partial charge in [-0.15, -0.1) is 0 Å². The van der Waals surface area contributed by atoms with Crippen molar-refractivity contribution in [3.63, 3.8) is 0 Å². The molecule has 0 radical (unpaired) electrons. The van der Waals surface area contributed by atoms with Gasteiger partial charge in [-0.2, -0.15) is 0 Å². The Kier molecular flexibility index (Phi) is 5.16. The van der Waals surface area contributed by atoms with Crippen molar-refractivity contribution in [3.05, 3.63) is 65.5 Å². The Labute approximate surface area is 148 Å². The van der Waals surface area contributed by atoms with Crippen LogP contribution in [0, 0.1) is 6.92 Å². The van der Waals surface area contributed by atoms with Crippen LogP contribution in [0.15, 0.2) is 48.7 Å². The lowest BCUT2D eigenvalue weighted by atomic mass is 9.86. The monoisotopic (exact) mass is 340 g/mol. The highest BCUT2D eigenvalue weighted by atomic mass is 16.5. The Morgan fingerprint density at radius 2 is 1.88 bits per heavy atom. The van der Waals surface area contributed by atoms with Crippen LogP contribution in [0.4, 0.5) is 0 Å². The second kappa shape index (κ2) is 7.33. The Hall–Kier alpha value is -2.24. The highest BCUT2D eigenvalue weighted by molar-refractivity contribution is 5.77. The standard InChI is InChI=1S/C20H24N2O3/c1-15-8-9-17(21-14-15)20(24)10-12-22(13-11-20)18(19(23)25-2)16-6-4-3-5-7-16/h3-9,14,18,24H,10-13H2,1-2H3. The Balaban J connectivity index is 1.77. The van der Waals surface area contributed by atoms with Gasteiger partial charge in [-0.25, -0.2) is 4.79 Å². The van der Waals surface area contributed by atoms with Crippen molar-refractivity contribution in [2.24, 2.45) is 0 Å². The smallest absolute Gasteiger partial charge is 0.327 e. The molecule has 2 aromatic rings. The molecule has 0 spiro atoms. The number of esters is 1. The van der Waals surface area contributed by atoms with Crippen molar-refractivity contribution in [1.82, 2.24) is 9.88 Å². The molecule has 1 aliphatic heterocycles. The zero-order chi connectivity index (χ0) is 17.9. The van der Waals surface area contributed by atoms with E-state index in [-0.39, 0.29) is 5.97 Å². The van der Waals surface area contributed by atoms with E-state index < -0.39 is 11.6 Å². The minimum Gasteiger partial charge on any atom is -0.468 e. The van der Waals surface area contributed by atoms with Gasteiger partial charge in [0.2, 0.25) is 0 Å². The van der Waals surface area contributed by atoms with Crippen LogP contribution in [0.25, 0.3) is 0 Å². The fraction of sp³-hybridized carbons (Fsp3) is 0.400. The number of nitrogens with zero attached hydrogens (tertiary/aromatic N) is 2. The molecule has 0 aliphatic carbocycles. The lowest BCUT2D eigenvalue weighted by Gasteiger charge is -2.40. The number of likely N-dealkylation sites (tertiary alicyclic amines) is 1. The van der Waals surface area contributed by atoms with E-state index in [1.165, 1.54) is 7.11 Å². The van der Waals surface area contributed by atoms with Crippen LogP contribution in [0.5, 0.6) is 0 Å². The first-order valence-corrected chi connectivity index (χ1v) is 8.56. The molecule has 1 atom stereocenters. The summed E-state index contributed by atoms with van der Waals surface area (Å²) < 4.78 is 5.01. The Morgan fingerprint density at radius 3 is 2.44 bits per heavy atom. The van der Waals surface area contributed by atoms with Crippen LogP contribution < -0.4 is 0 Å². The second-order valence-corrected chi connectivity index (χ2v) is 6.62. The van der Waals surface area contributed by atoms with Gasteiger partial charge in [0.15, 0.2) is 0 Å². The fourth-order valence-corrected chi connectivity index (χ4v) is 3.39. The summed E-state index contributed by atoms with van der Waals surface area (Å²) in [7, 11) is 1.41. The van der Waals surface area contributed by atoms with Gasteiger partial charge in [-0.05, 0) is 37.0 Å². The molecule has 1 unspecified atom stereocenters. The second-order valence-electron chi connectivity index (χ2n) is 6.62. The summed E-state index contributed by atoms with van der Waals surface area (Å²) in [4.78, 5) is 18.8. The predicted molar refractivity (Wildman–Crippen MR) is 94.9 cm³/mol. The highest BCUT2D eigenvalue weighted by Gasteiger charge is 2.39. The van der Waals surface area contributed by atoms with Crippen LogP contribution >= 0.6 is 0 Å². The summed E-state index contributed by atoms with van der Waals surface area (Å²) in [6.07, 6.45) is 2.84. The molecule has 25 heavy (non-hydrogen) atoms. The quantitative estimate of drug-likeness (QED) is 0.867. The van der Waals surface area contributed by atoms with Gasteiger partial charge in [0.05, 0.1) is 12.8 Å². The first kappa shape index (κ1) is 17.6. The van der Waals surface area contributed by atoms with Crippen molar-refractivity contribution < 1.29 is 14.6 Å². The maximum Gasteiger partial charge on any atom is 0.327 e. The Bertz CT molecular complexity index is 707. The number of hydrogen-bond acceptors (Lipinski definition) is 5. The zero-order valence-electron chi connectivity index (χ0n) is 14.7. The third-order valence-electron chi connectivity index (χ3n) is 4.92. The van der Waals surface area contributed by atoms with Crippen molar-refractivity contribution in [2.75, 3.05) is 20.2 Å². The molecule has 0 saturated carbocycles. The van der Waals surface area contributed by atoms with Crippen molar-refractivity contribution in [2.45, 2.75) is 31.4 Å². The number of carbonyl (C=O) groups is 1. The van der Waals surface area contributed by atoms with Crippen LogP contribution in [-0.4, -0.2) is 41.2 Å². The third-order valence-corrected chi connectivity index (χ3v) is 4.92. The minimum absolute atomic E-state index is 0.273. The van der Waals surface area contributed by atoms with Crippen molar-refractivity contribution in [3.8, 4) is 0 Å². The van der Waals surface area contributed by atoms with Gasteiger partial charge in [-0.1, -0.05) is 36.4 Å². The van der Waals surface area contributed by atoms with Gasteiger partial charge in [0, 0.05) is 19.3 Å². The molecular weight excluding hydrogens is 316 g/mol. The van der Waals surface area contributed by atoms with Crippen LogP contribution in [-0.2, 0) is 15.1 Å². The molecule has 5 heteroatoms. The molecule has 3 rings (SSSR count). The van der Waals surface area contributed by atoms with E-state index in [1.807, 2.05) is 49.4 Å². The van der Waals surface area contributed by atoms with Crippen molar-refractivity contribution >= 4 is 5.97 Å². The first-order chi connectivity index (χ1) is 12.0. The molecule has 132 valence electrons. The van der Waals surface area contributed by atoms with Crippen LogP contribution in [0.2, 0.25) is 0 Å². The van der Waals surface area contributed by atoms with E-state index >= 15 is 0 Å². The van der Waals surface area contributed by atoms with Crippen LogP contribution in [0.3, 0.4) is 0 Å². The number of rotatable bonds is 4. The lowest BCUT2D eigenvalue weighted by Crippen LogP contribution is -2.46. The molecule has 1 aliphatic rings. The molecule has 1 aromatic carbocycles. The molecule has 1 fully saturated rings. The topological polar surface area (TPSA) is 62.7 Å². The van der Waals surface area contributed by atoms with Gasteiger partial charge < -0.3 is 9.84 Å². The van der Waals surface area contributed by atoms with Gasteiger partial charge in [0.1, 0.15) is 11.6 Å². The molecule has 5 nitrogen and oxygen atoms in total. The largest absolute Gasteiger partial charge is 0.468 e. The predicted octanol–water partition coefficient (Wildman–Crippen LogP) is 2.59. The number of hydrogen-bond donors (Lipinski definition) is 1. The zero-order valence-corrected chi connectivity index (χ0v) is 14.7. The fourth-order valence-electron chi connectivity index (χ4n) is 3.39. The van der Waals surface area contributed by atoms with Crippen molar-refractivity contribution in [1.29, 1.82) is 0 Å².